The maximum absolute atomic E-state index is 14.5. The number of fused-ring (bicyclic) bond motifs is 2. The van der Waals surface area contributed by atoms with Crippen molar-refractivity contribution < 1.29 is 14.4 Å². The second kappa shape index (κ2) is 17.2. The second-order valence-corrected chi connectivity index (χ2v) is 15.9. The summed E-state index contributed by atoms with van der Waals surface area (Å²) in [5, 5.41) is 18.8. The van der Waals surface area contributed by atoms with Gasteiger partial charge in [0.1, 0.15) is 12.1 Å². The maximum Gasteiger partial charge on any atom is 0.318 e. The maximum atomic E-state index is 14.5. The lowest BCUT2D eigenvalue weighted by Crippen LogP contribution is -2.59. The fourth-order valence-electron chi connectivity index (χ4n) is 8.88. The van der Waals surface area contributed by atoms with Gasteiger partial charge in [-0.25, -0.2) is 4.79 Å². The minimum absolute atomic E-state index is 0.0134. The number of pyridine rings is 2. The molecule has 2 unspecified atom stereocenters. The minimum atomic E-state index is -0.936. The molecule has 8 rings (SSSR count). The topological polar surface area (TPSA) is 171 Å². The molecule has 14 heteroatoms. The van der Waals surface area contributed by atoms with Crippen LogP contribution in [0.5, 0.6) is 0 Å². The summed E-state index contributed by atoms with van der Waals surface area (Å²) in [7, 11) is 0. The van der Waals surface area contributed by atoms with Crippen LogP contribution in [0, 0.1) is 12.8 Å². The number of aromatic amines is 2. The third-order valence-electron chi connectivity index (χ3n) is 12.1. The SMILES string of the molecule is Cc1cc(CC(NC(=O)N2CCC(c3cc4ccccc4[nH]c3=O)CC2)C(=O)NC(CC2CCNCC2)C(=O)N2CCN(c3ccncc3)CC2)cc2cn[nH]c12. The number of likely N-dealkylation sites (tertiary alicyclic amines) is 1. The van der Waals surface area contributed by atoms with E-state index in [-0.39, 0.29) is 41.7 Å². The number of carbonyl (C=O) groups excluding carboxylic acids is 3. The number of piperidine rings is 2. The molecule has 2 atom stereocenters. The molecule has 2 aromatic carbocycles. The van der Waals surface area contributed by atoms with Gasteiger partial charge >= 0.3 is 6.03 Å². The Morgan fingerprint density at radius 1 is 0.842 bits per heavy atom. The van der Waals surface area contributed by atoms with Crippen molar-refractivity contribution >= 4 is 45.3 Å². The molecule has 298 valence electrons. The summed E-state index contributed by atoms with van der Waals surface area (Å²) >= 11 is 0. The Morgan fingerprint density at radius 2 is 1.60 bits per heavy atom. The molecule has 0 saturated carbocycles. The van der Waals surface area contributed by atoms with E-state index in [9.17, 15) is 19.2 Å². The van der Waals surface area contributed by atoms with E-state index in [0.717, 1.165) is 70.1 Å². The number of aromatic nitrogens is 4. The van der Waals surface area contributed by atoms with Crippen molar-refractivity contribution in [3.63, 3.8) is 0 Å². The van der Waals surface area contributed by atoms with E-state index in [0.29, 0.717) is 58.5 Å². The zero-order valence-electron chi connectivity index (χ0n) is 32.5. The lowest BCUT2D eigenvalue weighted by Gasteiger charge is -2.38. The smallest absolute Gasteiger partial charge is 0.318 e. The molecule has 0 radical (unpaired) electrons. The molecular formula is C43H52N10O4. The second-order valence-electron chi connectivity index (χ2n) is 15.9. The molecule has 3 aliphatic rings. The number of para-hydroxylation sites is 1. The Balaban J connectivity index is 0.985. The summed E-state index contributed by atoms with van der Waals surface area (Å²) in [4.78, 5) is 68.9. The highest BCUT2D eigenvalue weighted by Crippen LogP contribution is 2.28. The lowest BCUT2D eigenvalue weighted by molar-refractivity contribution is -0.137. The van der Waals surface area contributed by atoms with Gasteiger partial charge < -0.3 is 35.6 Å². The molecule has 3 fully saturated rings. The number of hydrogen-bond donors (Lipinski definition) is 5. The van der Waals surface area contributed by atoms with Gasteiger partial charge in [0, 0.05) is 80.2 Å². The van der Waals surface area contributed by atoms with Gasteiger partial charge in [-0.2, -0.15) is 5.10 Å². The average Bonchev–Trinajstić information content (AvgIpc) is 3.73. The van der Waals surface area contributed by atoms with Gasteiger partial charge in [0.2, 0.25) is 11.8 Å². The molecule has 0 aliphatic carbocycles. The number of hydrogen-bond acceptors (Lipinski definition) is 8. The first-order chi connectivity index (χ1) is 27.8. The van der Waals surface area contributed by atoms with E-state index < -0.39 is 12.1 Å². The molecule has 6 heterocycles. The van der Waals surface area contributed by atoms with Crippen molar-refractivity contribution in [1.82, 2.24) is 45.9 Å². The van der Waals surface area contributed by atoms with Crippen LogP contribution in [-0.2, 0) is 16.0 Å². The first kappa shape index (κ1) is 38.1. The van der Waals surface area contributed by atoms with Crippen molar-refractivity contribution in [3.05, 3.63) is 100 Å². The Labute approximate surface area is 331 Å². The molecule has 0 spiro atoms. The summed E-state index contributed by atoms with van der Waals surface area (Å²) in [6, 6.07) is 15.7. The fourth-order valence-corrected chi connectivity index (χ4v) is 8.88. The monoisotopic (exact) mass is 772 g/mol. The molecule has 4 amide bonds. The molecule has 3 aliphatic heterocycles. The quantitative estimate of drug-likeness (QED) is 0.143. The van der Waals surface area contributed by atoms with E-state index in [1.165, 1.54) is 0 Å². The van der Waals surface area contributed by atoms with E-state index in [4.69, 9.17) is 0 Å². The number of aryl methyl sites for hydroxylation is 1. The Morgan fingerprint density at radius 3 is 2.37 bits per heavy atom. The standard InChI is InChI=1S/C43H52N10O4/c1-28-22-30(23-33-27-46-50-39(28)33)25-37(49-43(57)53-16-10-31(11-17-53)35-26-32-4-2-3-5-36(32)47-40(35)54)41(55)48-38(24-29-6-12-44-13-7-29)42(56)52-20-18-51(19-21-52)34-8-14-45-15-9-34/h2-5,8-9,14-15,22-23,26-27,29,31,37-38,44H,6-7,10-13,16-21,24-25H2,1H3,(H,46,50)(H,47,54)(H,48,55)(H,49,57). The molecular weight excluding hydrogens is 721 g/mol. The number of nitrogens with one attached hydrogen (secondary N) is 5. The van der Waals surface area contributed by atoms with Crippen molar-refractivity contribution in [3.8, 4) is 0 Å². The molecule has 14 nitrogen and oxygen atoms in total. The third-order valence-corrected chi connectivity index (χ3v) is 12.1. The number of nitrogens with zero attached hydrogens (tertiary/aromatic N) is 5. The summed E-state index contributed by atoms with van der Waals surface area (Å²) in [5.74, 6) is -0.162. The number of rotatable bonds is 10. The summed E-state index contributed by atoms with van der Waals surface area (Å²) in [6.45, 7) is 7.10. The van der Waals surface area contributed by atoms with Crippen LogP contribution in [0.4, 0.5) is 10.5 Å². The predicted molar refractivity (Wildman–Crippen MR) is 220 cm³/mol. The third kappa shape index (κ3) is 8.80. The molecule has 5 N–H and O–H groups in total. The van der Waals surface area contributed by atoms with Gasteiger partial charge in [0.25, 0.3) is 5.56 Å². The Kier molecular flexibility index (Phi) is 11.5. The molecule has 3 aromatic heterocycles. The van der Waals surface area contributed by atoms with Crippen LogP contribution >= 0.6 is 0 Å². The lowest BCUT2D eigenvalue weighted by atomic mass is 9.89. The number of urea groups is 1. The highest BCUT2D eigenvalue weighted by atomic mass is 16.2. The van der Waals surface area contributed by atoms with Crippen molar-refractivity contribution in [2.24, 2.45) is 5.92 Å². The predicted octanol–water partition coefficient (Wildman–Crippen LogP) is 3.83. The Hall–Kier alpha value is -5.76. The first-order valence-corrected chi connectivity index (χ1v) is 20.3. The van der Waals surface area contributed by atoms with Gasteiger partial charge in [-0.05, 0) is 111 Å². The van der Waals surface area contributed by atoms with Crippen LogP contribution in [0.15, 0.2) is 78.0 Å². The van der Waals surface area contributed by atoms with Gasteiger partial charge in [-0.3, -0.25) is 24.5 Å². The van der Waals surface area contributed by atoms with E-state index >= 15 is 0 Å². The van der Waals surface area contributed by atoms with Crippen LogP contribution in [0.2, 0.25) is 0 Å². The van der Waals surface area contributed by atoms with Gasteiger partial charge in [-0.15, -0.1) is 0 Å². The van der Waals surface area contributed by atoms with Crippen LogP contribution in [-0.4, -0.2) is 112 Å². The summed E-state index contributed by atoms with van der Waals surface area (Å²) in [6.07, 6.45) is 9.20. The average molecular weight is 773 g/mol. The van der Waals surface area contributed by atoms with Crippen molar-refractivity contribution in [1.29, 1.82) is 0 Å². The highest BCUT2D eigenvalue weighted by Gasteiger charge is 2.35. The Bertz CT molecular complexity index is 2250. The minimum Gasteiger partial charge on any atom is -0.368 e. The van der Waals surface area contributed by atoms with Gasteiger partial charge in [-0.1, -0.05) is 24.3 Å². The molecule has 5 aromatic rings. The van der Waals surface area contributed by atoms with Crippen molar-refractivity contribution in [2.45, 2.75) is 63.5 Å². The summed E-state index contributed by atoms with van der Waals surface area (Å²) in [5.41, 5.74) is 5.31. The van der Waals surface area contributed by atoms with E-state index in [1.807, 2.05) is 66.4 Å². The fraction of sp³-hybridized carbons (Fsp3) is 0.442. The molecule has 57 heavy (non-hydrogen) atoms. The first-order valence-electron chi connectivity index (χ1n) is 20.3. The number of piperazine rings is 1. The van der Waals surface area contributed by atoms with Gasteiger partial charge in [0.15, 0.2) is 0 Å². The van der Waals surface area contributed by atoms with Crippen LogP contribution < -0.4 is 26.4 Å². The van der Waals surface area contributed by atoms with E-state index in [2.05, 4.69) is 41.0 Å². The van der Waals surface area contributed by atoms with Crippen molar-refractivity contribution in [2.75, 3.05) is 57.3 Å². The van der Waals surface area contributed by atoms with E-state index in [1.54, 1.807) is 23.5 Å². The zero-order chi connectivity index (χ0) is 39.3. The molecule has 0 bridgehead atoms. The van der Waals surface area contributed by atoms with Crippen LogP contribution in [0.25, 0.3) is 21.8 Å². The number of anilines is 1. The number of amides is 4. The summed E-state index contributed by atoms with van der Waals surface area (Å²) < 4.78 is 0. The van der Waals surface area contributed by atoms with Crippen LogP contribution in [0.1, 0.15) is 54.7 Å². The largest absolute Gasteiger partial charge is 0.368 e. The zero-order valence-corrected chi connectivity index (χ0v) is 32.5. The normalized spacial score (nSPS) is 18.1. The number of H-pyrrole nitrogens is 2. The number of benzene rings is 2. The highest BCUT2D eigenvalue weighted by molar-refractivity contribution is 5.92. The molecule has 3 saturated heterocycles. The van der Waals surface area contributed by atoms with Crippen LogP contribution in [0.3, 0.4) is 0 Å². The number of carbonyl (C=O) groups is 3. The van der Waals surface area contributed by atoms with Gasteiger partial charge in [0.05, 0.1) is 11.7 Å².